The summed E-state index contributed by atoms with van der Waals surface area (Å²) < 4.78 is 0. The summed E-state index contributed by atoms with van der Waals surface area (Å²) in [6.45, 7) is 5.24. The molecule has 0 heterocycles. The summed E-state index contributed by atoms with van der Waals surface area (Å²) in [5.74, 6) is 1.37. The molecule has 0 spiro atoms. The van der Waals surface area contributed by atoms with Crippen molar-refractivity contribution in [3.05, 3.63) is 0 Å². The Bertz CT molecular complexity index is 189. The summed E-state index contributed by atoms with van der Waals surface area (Å²) in [6.07, 6.45) is 6.30. The molecule has 1 rings (SSSR count). The van der Waals surface area contributed by atoms with Gasteiger partial charge in [0.15, 0.2) is 5.96 Å². The lowest BCUT2D eigenvalue weighted by Crippen LogP contribution is -2.44. The molecule has 82 valence electrons. The lowest BCUT2D eigenvalue weighted by Gasteiger charge is -2.29. The van der Waals surface area contributed by atoms with Crippen molar-refractivity contribution in [2.75, 3.05) is 6.54 Å². The number of guanidine groups is 1. The van der Waals surface area contributed by atoms with Crippen LogP contribution in [0.1, 0.15) is 46.0 Å². The van der Waals surface area contributed by atoms with E-state index >= 15 is 0 Å². The molecule has 1 saturated carbocycles. The van der Waals surface area contributed by atoms with E-state index in [9.17, 15) is 0 Å². The fraction of sp³-hybridized carbons (Fsp3) is 0.909. The van der Waals surface area contributed by atoms with Gasteiger partial charge in [-0.25, -0.2) is 0 Å². The zero-order valence-corrected chi connectivity index (χ0v) is 9.42. The monoisotopic (exact) mass is 197 g/mol. The summed E-state index contributed by atoms with van der Waals surface area (Å²) in [4.78, 5) is 4.25. The van der Waals surface area contributed by atoms with Crippen LogP contribution in [-0.4, -0.2) is 18.5 Å². The van der Waals surface area contributed by atoms with Gasteiger partial charge in [-0.2, -0.15) is 0 Å². The predicted molar refractivity (Wildman–Crippen MR) is 61.3 cm³/mol. The molecule has 3 nitrogen and oxygen atoms in total. The molecule has 0 aliphatic heterocycles. The molecule has 1 aliphatic rings. The van der Waals surface area contributed by atoms with Gasteiger partial charge in [-0.05, 0) is 25.2 Å². The van der Waals surface area contributed by atoms with E-state index in [1.165, 1.54) is 25.7 Å². The van der Waals surface area contributed by atoms with Crippen LogP contribution in [0.4, 0.5) is 0 Å². The Hall–Kier alpha value is -0.730. The number of nitrogens with zero attached hydrogens (tertiary/aromatic N) is 1. The van der Waals surface area contributed by atoms with Crippen molar-refractivity contribution in [3.8, 4) is 0 Å². The molecule has 0 aromatic heterocycles. The van der Waals surface area contributed by atoms with Gasteiger partial charge in [0.05, 0.1) is 0 Å². The normalized spacial score (nSPS) is 28.9. The summed E-state index contributed by atoms with van der Waals surface area (Å²) >= 11 is 0. The van der Waals surface area contributed by atoms with Crippen LogP contribution in [0.5, 0.6) is 0 Å². The molecule has 0 radical (unpaired) electrons. The van der Waals surface area contributed by atoms with E-state index in [0.29, 0.717) is 12.0 Å². The molecule has 1 aliphatic carbocycles. The maximum Gasteiger partial charge on any atom is 0.188 e. The Morgan fingerprint density at radius 2 is 2.14 bits per heavy atom. The van der Waals surface area contributed by atoms with Crippen molar-refractivity contribution < 1.29 is 0 Å². The quantitative estimate of drug-likeness (QED) is 0.536. The lowest BCUT2D eigenvalue weighted by atomic mass is 9.86. The Kier molecular flexibility index (Phi) is 4.77. The van der Waals surface area contributed by atoms with Gasteiger partial charge in [-0.3, -0.25) is 4.99 Å². The molecule has 0 amide bonds. The van der Waals surface area contributed by atoms with Crippen molar-refractivity contribution in [2.24, 2.45) is 16.6 Å². The summed E-state index contributed by atoms with van der Waals surface area (Å²) in [5, 5.41) is 3.33. The summed E-state index contributed by atoms with van der Waals surface area (Å²) in [5.41, 5.74) is 5.79. The van der Waals surface area contributed by atoms with Crippen LogP contribution in [0.15, 0.2) is 4.99 Å². The average molecular weight is 197 g/mol. The number of hydrogen-bond acceptors (Lipinski definition) is 1. The molecular formula is C11H23N3. The van der Waals surface area contributed by atoms with Crippen molar-refractivity contribution >= 4 is 5.96 Å². The Morgan fingerprint density at radius 1 is 1.43 bits per heavy atom. The number of nitrogens with two attached hydrogens (primary N) is 1. The second-order valence-corrected chi connectivity index (χ2v) is 4.28. The van der Waals surface area contributed by atoms with Crippen LogP contribution in [0, 0.1) is 5.92 Å². The van der Waals surface area contributed by atoms with Gasteiger partial charge in [0, 0.05) is 12.6 Å². The Morgan fingerprint density at radius 3 is 2.79 bits per heavy atom. The zero-order valence-electron chi connectivity index (χ0n) is 9.42. The van der Waals surface area contributed by atoms with Gasteiger partial charge in [-0.15, -0.1) is 0 Å². The predicted octanol–water partition coefficient (Wildman–Crippen LogP) is 1.88. The van der Waals surface area contributed by atoms with E-state index < -0.39 is 0 Å². The van der Waals surface area contributed by atoms with Gasteiger partial charge in [0.1, 0.15) is 0 Å². The molecular weight excluding hydrogens is 174 g/mol. The first-order valence-electron chi connectivity index (χ1n) is 5.80. The second kappa shape index (κ2) is 5.89. The van der Waals surface area contributed by atoms with Gasteiger partial charge in [0.2, 0.25) is 0 Å². The highest BCUT2D eigenvalue weighted by Crippen LogP contribution is 2.23. The zero-order chi connectivity index (χ0) is 10.4. The molecule has 14 heavy (non-hydrogen) atoms. The van der Waals surface area contributed by atoms with Gasteiger partial charge in [0.25, 0.3) is 0 Å². The highest BCUT2D eigenvalue weighted by Gasteiger charge is 2.21. The summed E-state index contributed by atoms with van der Waals surface area (Å²) in [7, 11) is 0. The maximum absolute atomic E-state index is 5.79. The van der Waals surface area contributed by atoms with E-state index in [1.54, 1.807) is 0 Å². The number of rotatable bonds is 3. The topological polar surface area (TPSA) is 50.4 Å². The summed E-state index contributed by atoms with van der Waals surface area (Å²) in [6, 6.07) is 0.546. The minimum atomic E-state index is 0.546. The van der Waals surface area contributed by atoms with Crippen LogP contribution >= 0.6 is 0 Å². The van der Waals surface area contributed by atoms with E-state index in [2.05, 4.69) is 24.2 Å². The van der Waals surface area contributed by atoms with E-state index in [1.807, 2.05) is 0 Å². The third-order valence-corrected chi connectivity index (χ3v) is 2.95. The third kappa shape index (κ3) is 3.56. The molecule has 3 heteroatoms. The fourth-order valence-corrected chi connectivity index (χ4v) is 2.00. The van der Waals surface area contributed by atoms with Gasteiger partial charge in [-0.1, -0.05) is 26.7 Å². The van der Waals surface area contributed by atoms with Crippen molar-refractivity contribution in [1.29, 1.82) is 0 Å². The lowest BCUT2D eigenvalue weighted by molar-refractivity contribution is 0.308. The van der Waals surface area contributed by atoms with Crippen LogP contribution < -0.4 is 11.1 Å². The van der Waals surface area contributed by atoms with Crippen molar-refractivity contribution in [1.82, 2.24) is 5.32 Å². The number of hydrogen-bond donors (Lipinski definition) is 2. The van der Waals surface area contributed by atoms with Crippen molar-refractivity contribution in [2.45, 2.75) is 52.0 Å². The van der Waals surface area contributed by atoms with E-state index in [0.717, 1.165) is 18.9 Å². The SMILES string of the molecule is CCCN=C(N)NC1CCCCC1C. The molecule has 2 unspecified atom stereocenters. The second-order valence-electron chi connectivity index (χ2n) is 4.28. The number of nitrogens with one attached hydrogen (secondary N) is 1. The van der Waals surface area contributed by atoms with Crippen LogP contribution in [0.2, 0.25) is 0 Å². The van der Waals surface area contributed by atoms with Crippen LogP contribution in [-0.2, 0) is 0 Å². The standard InChI is InChI=1S/C11H23N3/c1-3-8-13-11(12)14-10-7-5-4-6-9(10)2/h9-10H,3-8H2,1-2H3,(H3,12,13,14). The smallest absolute Gasteiger partial charge is 0.188 e. The van der Waals surface area contributed by atoms with Crippen LogP contribution in [0.25, 0.3) is 0 Å². The molecule has 0 saturated heterocycles. The van der Waals surface area contributed by atoms with E-state index in [4.69, 9.17) is 5.73 Å². The van der Waals surface area contributed by atoms with E-state index in [-0.39, 0.29) is 0 Å². The average Bonchev–Trinajstić information content (AvgIpc) is 2.18. The molecule has 0 aromatic carbocycles. The Labute approximate surface area is 87.2 Å². The molecule has 0 bridgehead atoms. The molecule has 2 atom stereocenters. The first-order valence-corrected chi connectivity index (χ1v) is 5.80. The maximum atomic E-state index is 5.79. The molecule has 3 N–H and O–H groups in total. The fourth-order valence-electron chi connectivity index (χ4n) is 2.00. The third-order valence-electron chi connectivity index (χ3n) is 2.95. The minimum Gasteiger partial charge on any atom is -0.370 e. The highest BCUT2D eigenvalue weighted by molar-refractivity contribution is 5.78. The first kappa shape index (κ1) is 11.3. The Balaban J connectivity index is 2.34. The largest absolute Gasteiger partial charge is 0.370 e. The minimum absolute atomic E-state index is 0.546. The van der Waals surface area contributed by atoms with Gasteiger partial charge < -0.3 is 11.1 Å². The molecule has 0 aromatic rings. The van der Waals surface area contributed by atoms with Crippen LogP contribution in [0.3, 0.4) is 0 Å². The van der Waals surface area contributed by atoms with Gasteiger partial charge >= 0.3 is 0 Å². The van der Waals surface area contributed by atoms with Crippen molar-refractivity contribution in [3.63, 3.8) is 0 Å². The highest BCUT2D eigenvalue weighted by atomic mass is 15.1. The molecule has 1 fully saturated rings. The first-order chi connectivity index (χ1) is 6.74. The number of aliphatic imine (C=N–C) groups is 1.